The van der Waals surface area contributed by atoms with Gasteiger partial charge in [-0.25, -0.2) is 0 Å². The highest BCUT2D eigenvalue weighted by Crippen LogP contribution is 2.28. The Morgan fingerprint density at radius 3 is 1.46 bits per heavy atom. The van der Waals surface area contributed by atoms with Crippen LogP contribution in [0.4, 0.5) is 0 Å². The monoisotopic (exact) mass is 358 g/mol. The molecule has 0 radical (unpaired) electrons. The standard InChI is InChI=1S/C20H22O6/c21-9-17(23)11-25-19-3-1-13-5-14-2-4-20(26-12-18(24)10-22)8-16(14)6-15(13)7-19/h1-8,17-18,21-24H,9-12H2. The molecule has 0 bridgehead atoms. The fourth-order valence-corrected chi connectivity index (χ4v) is 2.62. The lowest BCUT2D eigenvalue weighted by molar-refractivity contribution is 0.0536. The summed E-state index contributed by atoms with van der Waals surface area (Å²) in [6.45, 7) is -0.626. The first-order chi connectivity index (χ1) is 12.6. The van der Waals surface area contributed by atoms with E-state index in [1.165, 1.54) is 0 Å². The molecule has 3 aromatic carbocycles. The molecular formula is C20H22O6. The summed E-state index contributed by atoms with van der Waals surface area (Å²) in [7, 11) is 0. The van der Waals surface area contributed by atoms with Gasteiger partial charge in [0.15, 0.2) is 0 Å². The minimum Gasteiger partial charge on any atom is -0.491 e. The maximum absolute atomic E-state index is 9.39. The molecule has 6 heteroatoms. The molecule has 0 saturated carbocycles. The van der Waals surface area contributed by atoms with Crippen LogP contribution in [0.2, 0.25) is 0 Å². The molecule has 138 valence electrons. The Kier molecular flexibility index (Phi) is 5.90. The molecule has 0 aliphatic rings. The van der Waals surface area contributed by atoms with E-state index in [0.717, 1.165) is 21.5 Å². The quantitative estimate of drug-likeness (QED) is 0.455. The second-order valence-electron chi connectivity index (χ2n) is 6.16. The number of benzene rings is 3. The van der Waals surface area contributed by atoms with E-state index in [4.69, 9.17) is 19.7 Å². The summed E-state index contributed by atoms with van der Waals surface area (Å²) < 4.78 is 11.0. The van der Waals surface area contributed by atoms with Gasteiger partial charge in [0.25, 0.3) is 0 Å². The van der Waals surface area contributed by atoms with Gasteiger partial charge in [0.2, 0.25) is 0 Å². The van der Waals surface area contributed by atoms with Gasteiger partial charge in [-0.3, -0.25) is 0 Å². The summed E-state index contributed by atoms with van der Waals surface area (Å²) >= 11 is 0. The Labute approximate surface area is 150 Å². The van der Waals surface area contributed by atoms with Gasteiger partial charge in [0.05, 0.1) is 13.2 Å². The highest BCUT2D eigenvalue weighted by molar-refractivity contribution is 5.99. The third kappa shape index (κ3) is 4.42. The van der Waals surface area contributed by atoms with Crippen molar-refractivity contribution in [2.75, 3.05) is 26.4 Å². The van der Waals surface area contributed by atoms with Crippen LogP contribution in [0.25, 0.3) is 21.5 Å². The molecule has 2 atom stereocenters. The van der Waals surface area contributed by atoms with Crippen LogP contribution in [0.15, 0.2) is 48.5 Å². The van der Waals surface area contributed by atoms with Crippen LogP contribution < -0.4 is 9.47 Å². The molecule has 0 saturated heterocycles. The van der Waals surface area contributed by atoms with Crippen molar-refractivity contribution < 1.29 is 29.9 Å². The molecule has 0 aromatic heterocycles. The van der Waals surface area contributed by atoms with Crippen molar-refractivity contribution in [2.24, 2.45) is 0 Å². The molecule has 3 rings (SSSR count). The molecule has 0 fully saturated rings. The predicted octanol–water partition coefficient (Wildman–Crippen LogP) is 1.46. The van der Waals surface area contributed by atoms with Crippen molar-refractivity contribution in [1.82, 2.24) is 0 Å². The predicted molar refractivity (Wildman–Crippen MR) is 98.6 cm³/mol. The van der Waals surface area contributed by atoms with Crippen molar-refractivity contribution in [1.29, 1.82) is 0 Å². The average Bonchev–Trinajstić information content (AvgIpc) is 2.68. The molecular weight excluding hydrogens is 336 g/mol. The summed E-state index contributed by atoms with van der Waals surface area (Å²) in [5.41, 5.74) is 0. The van der Waals surface area contributed by atoms with Crippen molar-refractivity contribution >= 4 is 21.5 Å². The summed E-state index contributed by atoms with van der Waals surface area (Å²) in [6.07, 6.45) is -1.81. The van der Waals surface area contributed by atoms with Crippen molar-refractivity contribution in [2.45, 2.75) is 12.2 Å². The van der Waals surface area contributed by atoms with Crippen LogP contribution in [0.3, 0.4) is 0 Å². The van der Waals surface area contributed by atoms with Gasteiger partial charge in [-0.2, -0.15) is 0 Å². The van der Waals surface area contributed by atoms with Crippen molar-refractivity contribution in [3.63, 3.8) is 0 Å². The average molecular weight is 358 g/mol. The smallest absolute Gasteiger partial charge is 0.120 e. The van der Waals surface area contributed by atoms with Gasteiger partial charge in [-0.1, -0.05) is 12.1 Å². The molecule has 0 amide bonds. The zero-order valence-electron chi connectivity index (χ0n) is 14.2. The maximum atomic E-state index is 9.39. The molecule has 2 unspecified atom stereocenters. The molecule has 0 aliphatic heterocycles. The number of aliphatic hydroxyl groups is 4. The molecule has 4 N–H and O–H groups in total. The van der Waals surface area contributed by atoms with Crippen LogP contribution in [-0.2, 0) is 0 Å². The van der Waals surface area contributed by atoms with Crippen LogP contribution in [0.5, 0.6) is 11.5 Å². The van der Waals surface area contributed by atoms with Crippen molar-refractivity contribution in [3.8, 4) is 11.5 Å². The van der Waals surface area contributed by atoms with Crippen LogP contribution in [0, 0.1) is 0 Å². The van der Waals surface area contributed by atoms with E-state index in [-0.39, 0.29) is 26.4 Å². The summed E-state index contributed by atoms with van der Waals surface area (Å²) in [6, 6.07) is 15.4. The first-order valence-corrected chi connectivity index (χ1v) is 8.40. The normalized spacial score (nSPS) is 13.7. The van der Waals surface area contributed by atoms with Gasteiger partial charge in [0.1, 0.15) is 36.9 Å². The maximum Gasteiger partial charge on any atom is 0.120 e. The number of ether oxygens (including phenoxy) is 2. The van der Waals surface area contributed by atoms with Gasteiger partial charge in [-0.15, -0.1) is 0 Å². The fourth-order valence-electron chi connectivity index (χ4n) is 2.62. The molecule has 0 aliphatic carbocycles. The van der Waals surface area contributed by atoms with E-state index >= 15 is 0 Å². The second-order valence-corrected chi connectivity index (χ2v) is 6.16. The van der Waals surface area contributed by atoms with Crippen LogP contribution in [0.1, 0.15) is 0 Å². The number of aliphatic hydroxyl groups excluding tert-OH is 4. The van der Waals surface area contributed by atoms with E-state index in [2.05, 4.69) is 6.07 Å². The Morgan fingerprint density at radius 2 is 1.04 bits per heavy atom. The summed E-state index contributed by atoms with van der Waals surface area (Å²) in [4.78, 5) is 0. The fraction of sp³-hybridized carbons (Fsp3) is 0.300. The first kappa shape index (κ1) is 18.4. The highest BCUT2D eigenvalue weighted by atomic mass is 16.5. The van der Waals surface area contributed by atoms with E-state index in [9.17, 15) is 10.2 Å². The lowest BCUT2D eigenvalue weighted by atomic mass is 10.0. The number of fused-ring (bicyclic) bond motifs is 2. The molecule has 26 heavy (non-hydrogen) atoms. The minimum absolute atomic E-state index is 0.0285. The zero-order chi connectivity index (χ0) is 18.5. The largest absolute Gasteiger partial charge is 0.491 e. The summed E-state index contributed by atoms with van der Waals surface area (Å²) in [5.74, 6) is 1.23. The van der Waals surface area contributed by atoms with Gasteiger partial charge in [0, 0.05) is 0 Å². The zero-order valence-corrected chi connectivity index (χ0v) is 14.2. The Hall–Kier alpha value is -2.38. The van der Waals surface area contributed by atoms with Gasteiger partial charge < -0.3 is 29.9 Å². The van der Waals surface area contributed by atoms with Crippen LogP contribution in [-0.4, -0.2) is 59.1 Å². The minimum atomic E-state index is -0.906. The number of hydrogen-bond acceptors (Lipinski definition) is 6. The third-order valence-electron chi connectivity index (χ3n) is 4.04. The number of rotatable bonds is 8. The van der Waals surface area contributed by atoms with Crippen molar-refractivity contribution in [3.05, 3.63) is 48.5 Å². The lowest BCUT2D eigenvalue weighted by Crippen LogP contribution is -2.21. The highest BCUT2D eigenvalue weighted by Gasteiger charge is 2.07. The number of hydrogen-bond donors (Lipinski definition) is 4. The summed E-state index contributed by atoms with van der Waals surface area (Å²) in [5, 5.41) is 40.5. The van der Waals surface area contributed by atoms with E-state index in [0.29, 0.717) is 11.5 Å². The van der Waals surface area contributed by atoms with Gasteiger partial charge >= 0.3 is 0 Å². The van der Waals surface area contributed by atoms with Gasteiger partial charge in [-0.05, 0) is 57.9 Å². The van der Waals surface area contributed by atoms with E-state index in [1.54, 1.807) is 0 Å². The Balaban J connectivity index is 1.85. The molecule has 3 aromatic rings. The lowest BCUT2D eigenvalue weighted by Gasteiger charge is -2.12. The molecule has 0 spiro atoms. The third-order valence-corrected chi connectivity index (χ3v) is 4.04. The second kappa shape index (κ2) is 8.33. The molecule has 6 nitrogen and oxygen atoms in total. The van der Waals surface area contributed by atoms with Crippen LogP contribution >= 0.6 is 0 Å². The molecule has 0 heterocycles. The SMILES string of the molecule is OCC(O)COc1ccc2cc3ccc(OCC(O)CO)cc3cc2c1. The first-order valence-electron chi connectivity index (χ1n) is 8.40. The Morgan fingerprint density at radius 1 is 0.615 bits per heavy atom. The Bertz CT molecular complexity index is 810. The van der Waals surface area contributed by atoms with E-state index < -0.39 is 12.2 Å². The van der Waals surface area contributed by atoms with E-state index in [1.807, 2.05) is 42.5 Å². The topological polar surface area (TPSA) is 99.4 Å².